The van der Waals surface area contributed by atoms with Crippen LogP contribution in [0.5, 0.6) is 0 Å². The number of aromatic amines is 1. The smallest absolute Gasteiger partial charge is 0.328 e. The number of amides is 1. The number of aromatic nitrogens is 2. The molecule has 0 saturated heterocycles. The highest BCUT2D eigenvalue weighted by Gasteiger charge is 2.20. The Hall–Kier alpha value is -2.57. The number of benzene rings is 1. The number of esters is 1. The first-order valence-corrected chi connectivity index (χ1v) is 5.65. The van der Waals surface area contributed by atoms with Crippen LogP contribution in [0.2, 0.25) is 0 Å². The zero-order chi connectivity index (χ0) is 14.0. The maximum Gasteiger partial charge on any atom is 0.328 e. The highest BCUT2D eigenvalue weighted by molar-refractivity contribution is 6.06. The van der Waals surface area contributed by atoms with Gasteiger partial charge in [-0.15, -0.1) is 0 Å². The van der Waals surface area contributed by atoms with E-state index in [1.165, 1.54) is 14.0 Å². The van der Waals surface area contributed by atoms with Gasteiger partial charge in [-0.05, 0) is 25.1 Å². The fourth-order valence-corrected chi connectivity index (χ4v) is 1.71. The zero-order valence-corrected chi connectivity index (χ0v) is 10.6. The van der Waals surface area contributed by atoms with Gasteiger partial charge in [0.2, 0.25) is 0 Å². The molecule has 100 valence electrons. The molecule has 1 unspecified atom stereocenters. The molecule has 0 spiro atoms. The van der Waals surface area contributed by atoms with Gasteiger partial charge < -0.3 is 15.8 Å². The molecule has 7 nitrogen and oxygen atoms in total. The summed E-state index contributed by atoms with van der Waals surface area (Å²) in [6.07, 6.45) is 0. The van der Waals surface area contributed by atoms with Gasteiger partial charge in [0.25, 0.3) is 5.91 Å². The predicted octanol–water partition coefficient (Wildman–Crippen LogP) is 0.436. The van der Waals surface area contributed by atoms with E-state index in [2.05, 4.69) is 20.3 Å². The number of methoxy groups -OCH3 is 1. The van der Waals surface area contributed by atoms with Crippen molar-refractivity contribution in [2.24, 2.45) is 0 Å². The summed E-state index contributed by atoms with van der Waals surface area (Å²) in [6.45, 7) is 1.53. The zero-order valence-electron chi connectivity index (χ0n) is 10.6. The second-order valence-corrected chi connectivity index (χ2v) is 4.10. The first-order valence-electron chi connectivity index (χ1n) is 5.65. The van der Waals surface area contributed by atoms with Crippen molar-refractivity contribution in [1.29, 1.82) is 0 Å². The quantitative estimate of drug-likeness (QED) is 0.549. The summed E-state index contributed by atoms with van der Waals surface area (Å²) in [5, 5.41) is 9.77. The average molecular weight is 262 g/mol. The molecule has 0 aliphatic carbocycles. The lowest BCUT2D eigenvalue weighted by Crippen LogP contribution is -2.39. The molecule has 19 heavy (non-hydrogen) atoms. The minimum atomic E-state index is -0.745. The van der Waals surface area contributed by atoms with Crippen LogP contribution in [0.1, 0.15) is 17.4 Å². The van der Waals surface area contributed by atoms with E-state index in [1.54, 1.807) is 18.2 Å². The number of nitrogens with zero attached hydrogens (tertiary/aromatic N) is 1. The van der Waals surface area contributed by atoms with E-state index in [1.807, 2.05) is 0 Å². The number of anilines is 1. The van der Waals surface area contributed by atoms with E-state index in [4.69, 9.17) is 5.73 Å². The van der Waals surface area contributed by atoms with Crippen LogP contribution in [0.25, 0.3) is 10.9 Å². The number of nitrogens with one attached hydrogen (secondary N) is 2. The van der Waals surface area contributed by atoms with Gasteiger partial charge in [-0.1, -0.05) is 0 Å². The summed E-state index contributed by atoms with van der Waals surface area (Å²) in [4.78, 5) is 23.3. The van der Waals surface area contributed by atoms with E-state index in [-0.39, 0.29) is 5.69 Å². The minimum absolute atomic E-state index is 0.193. The van der Waals surface area contributed by atoms with Crippen molar-refractivity contribution >= 4 is 28.5 Å². The molecular formula is C12H14N4O3. The van der Waals surface area contributed by atoms with Crippen molar-refractivity contribution in [2.75, 3.05) is 12.8 Å². The number of fused-ring (bicyclic) bond motifs is 1. The lowest BCUT2D eigenvalue weighted by atomic mass is 10.2. The molecule has 0 radical (unpaired) electrons. The maximum absolute atomic E-state index is 12.0. The molecular weight excluding hydrogens is 248 g/mol. The van der Waals surface area contributed by atoms with Gasteiger partial charge in [0.05, 0.1) is 12.6 Å². The number of carbonyl (C=O) groups is 2. The highest BCUT2D eigenvalue weighted by atomic mass is 16.5. The summed E-state index contributed by atoms with van der Waals surface area (Å²) in [5.41, 5.74) is 7.10. The van der Waals surface area contributed by atoms with Crippen molar-refractivity contribution in [3.05, 3.63) is 23.9 Å². The Kier molecular flexibility index (Phi) is 3.37. The molecule has 0 aliphatic rings. The summed E-state index contributed by atoms with van der Waals surface area (Å²) >= 11 is 0. The van der Waals surface area contributed by atoms with Crippen molar-refractivity contribution < 1.29 is 14.3 Å². The Balaban J connectivity index is 2.27. The second kappa shape index (κ2) is 4.97. The van der Waals surface area contributed by atoms with Crippen molar-refractivity contribution in [2.45, 2.75) is 13.0 Å². The summed E-state index contributed by atoms with van der Waals surface area (Å²) in [6, 6.07) is 4.35. The molecule has 1 amide bonds. The van der Waals surface area contributed by atoms with Crippen LogP contribution in [0, 0.1) is 0 Å². The minimum Gasteiger partial charge on any atom is -0.467 e. The Bertz CT molecular complexity index is 635. The number of nitrogen functional groups attached to an aromatic ring is 1. The number of ether oxygens (including phenoxy) is 1. The fraction of sp³-hybridized carbons (Fsp3) is 0.250. The molecule has 1 aromatic heterocycles. The van der Waals surface area contributed by atoms with Crippen molar-refractivity contribution in [3.8, 4) is 0 Å². The van der Waals surface area contributed by atoms with Crippen LogP contribution < -0.4 is 11.1 Å². The third-order valence-corrected chi connectivity index (χ3v) is 2.70. The normalized spacial score (nSPS) is 12.1. The van der Waals surface area contributed by atoms with Crippen LogP contribution >= 0.6 is 0 Å². The van der Waals surface area contributed by atoms with Crippen LogP contribution in [0.4, 0.5) is 5.69 Å². The Labute approximate surface area is 109 Å². The standard InChI is InChI=1S/C12H14N4O3/c1-6(12(18)19-2)14-11(17)10-8-5-7(13)3-4-9(8)15-16-10/h3-6H,13H2,1-2H3,(H,14,17)(H,15,16). The molecule has 0 bridgehead atoms. The van der Waals surface area contributed by atoms with Crippen LogP contribution in [0.3, 0.4) is 0 Å². The summed E-state index contributed by atoms with van der Waals surface area (Å²) in [7, 11) is 1.26. The highest BCUT2D eigenvalue weighted by Crippen LogP contribution is 2.18. The Morgan fingerprint density at radius 1 is 1.47 bits per heavy atom. The number of hydrogen-bond acceptors (Lipinski definition) is 5. The topological polar surface area (TPSA) is 110 Å². The first-order chi connectivity index (χ1) is 9.02. The van der Waals surface area contributed by atoms with Gasteiger partial charge in [-0.2, -0.15) is 5.10 Å². The molecule has 1 aromatic carbocycles. The van der Waals surface area contributed by atoms with Gasteiger partial charge in [-0.25, -0.2) is 4.79 Å². The lowest BCUT2D eigenvalue weighted by molar-refractivity contribution is -0.142. The van der Waals surface area contributed by atoms with E-state index < -0.39 is 17.9 Å². The molecule has 0 fully saturated rings. The molecule has 2 aromatic rings. The molecule has 0 aliphatic heterocycles. The fourth-order valence-electron chi connectivity index (χ4n) is 1.71. The average Bonchev–Trinajstić information content (AvgIpc) is 2.80. The number of hydrogen-bond donors (Lipinski definition) is 3. The van der Waals surface area contributed by atoms with Crippen LogP contribution in [0.15, 0.2) is 18.2 Å². The second-order valence-electron chi connectivity index (χ2n) is 4.10. The number of nitrogens with two attached hydrogens (primary N) is 1. The maximum atomic E-state index is 12.0. The Morgan fingerprint density at radius 2 is 2.21 bits per heavy atom. The van der Waals surface area contributed by atoms with Gasteiger partial charge in [0, 0.05) is 11.1 Å². The third kappa shape index (κ3) is 2.49. The number of rotatable bonds is 3. The molecule has 0 saturated carbocycles. The van der Waals surface area contributed by atoms with Crippen LogP contribution in [-0.2, 0) is 9.53 Å². The van der Waals surface area contributed by atoms with Crippen molar-refractivity contribution in [1.82, 2.24) is 15.5 Å². The number of carbonyl (C=O) groups excluding carboxylic acids is 2. The van der Waals surface area contributed by atoms with Gasteiger partial charge >= 0.3 is 5.97 Å². The van der Waals surface area contributed by atoms with E-state index >= 15 is 0 Å². The summed E-state index contributed by atoms with van der Waals surface area (Å²) < 4.78 is 4.53. The first kappa shape index (κ1) is 12.9. The van der Waals surface area contributed by atoms with Gasteiger partial charge in [0.1, 0.15) is 6.04 Å². The summed E-state index contributed by atoms with van der Waals surface area (Å²) in [5.74, 6) is -0.984. The lowest BCUT2D eigenvalue weighted by Gasteiger charge is -2.10. The molecule has 1 atom stereocenters. The van der Waals surface area contributed by atoms with E-state index in [9.17, 15) is 9.59 Å². The third-order valence-electron chi connectivity index (χ3n) is 2.70. The predicted molar refractivity (Wildman–Crippen MR) is 69.5 cm³/mol. The van der Waals surface area contributed by atoms with E-state index in [0.717, 1.165) is 0 Å². The monoisotopic (exact) mass is 262 g/mol. The molecule has 1 heterocycles. The van der Waals surface area contributed by atoms with Gasteiger partial charge in [-0.3, -0.25) is 9.89 Å². The molecule has 2 rings (SSSR count). The molecule has 7 heteroatoms. The SMILES string of the molecule is COC(=O)C(C)NC(=O)c1n[nH]c2ccc(N)cc12. The van der Waals surface area contributed by atoms with Gasteiger partial charge in [0.15, 0.2) is 5.69 Å². The molecule has 4 N–H and O–H groups in total. The van der Waals surface area contributed by atoms with E-state index in [0.29, 0.717) is 16.6 Å². The number of H-pyrrole nitrogens is 1. The van der Waals surface area contributed by atoms with Crippen molar-refractivity contribution in [3.63, 3.8) is 0 Å². The largest absolute Gasteiger partial charge is 0.467 e. The van der Waals surface area contributed by atoms with Crippen LogP contribution in [-0.4, -0.2) is 35.2 Å². The Morgan fingerprint density at radius 3 is 2.89 bits per heavy atom.